The number of carbonyl (C=O) groups excluding carboxylic acids is 1. The van der Waals surface area contributed by atoms with E-state index in [2.05, 4.69) is 10.5 Å². The lowest BCUT2D eigenvalue weighted by atomic mass is 10.2. The number of hydrogen-bond acceptors (Lipinski definition) is 3. The first kappa shape index (κ1) is 17.4. The first-order valence-electron chi connectivity index (χ1n) is 7.99. The minimum absolute atomic E-state index is 0.343. The van der Waals surface area contributed by atoms with Crippen LogP contribution in [0, 0.1) is 12.7 Å². The summed E-state index contributed by atoms with van der Waals surface area (Å²) in [5.74, 6) is 0.0109. The van der Waals surface area contributed by atoms with Crippen LogP contribution in [-0.4, -0.2) is 23.8 Å². The molecule has 0 radical (unpaired) electrons. The van der Waals surface area contributed by atoms with Crippen LogP contribution in [0.5, 0.6) is 5.75 Å². The number of aryl methyl sites for hydroxylation is 1. The molecule has 6 heteroatoms. The third-order valence-electron chi connectivity index (χ3n) is 3.87. The van der Waals surface area contributed by atoms with Crippen LogP contribution in [0.2, 0.25) is 0 Å². The van der Waals surface area contributed by atoms with E-state index >= 15 is 0 Å². The molecule has 0 unspecified atom stereocenters. The molecule has 1 amide bonds. The van der Waals surface area contributed by atoms with Crippen molar-refractivity contribution in [2.75, 3.05) is 7.11 Å². The maximum absolute atomic E-state index is 12.9. The predicted octanol–water partition coefficient (Wildman–Crippen LogP) is 3.70. The highest BCUT2D eigenvalue weighted by Gasteiger charge is 2.05. The fourth-order valence-electron chi connectivity index (χ4n) is 2.52. The van der Waals surface area contributed by atoms with Crippen molar-refractivity contribution in [3.05, 3.63) is 83.4 Å². The molecule has 3 rings (SSSR count). The first-order valence-corrected chi connectivity index (χ1v) is 7.99. The van der Waals surface area contributed by atoms with Crippen LogP contribution in [0.15, 0.2) is 65.9 Å². The number of halogens is 1. The van der Waals surface area contributed by atoms with Gasteiger partial charge in [-0.15, -0.1) is 0 Å². The molecule has 1 N–H and O–H groups in total. The molecular formula is C20H18FN3O2. The van der Waals surface area contributed by atoms with Crippen LogP contribution < -0.4 is 10.2 Å². The lowest BCUT2D eigenvalue weighted by Gasteiger charge is -2.06. The van der Waals surface area contributed by atoms with Crippen molar-refractivity contribution >= 4 is 12.1 Å². The van der Waals surface area contributed by atoms with Gasteiger partial charge >= 0.3 is 0 Å². The number of nitrogens with zero attached hydrogens (tertiary/aromatic N) is 2. The second-order valence-corrected chi connectivity index (χ2v) is 5.69. The largest absolute Gasteiger partial charge is 0.497 e. The smallest absolute Gasteiger partial charge is 0.271 e. The van der Waals surface area contributed by atoms with E-state index in [1.54, 1.807) is 13.3 Å². The molecule has 1 heterocycles. The Kier molecular flexibility index (Phi) is 5.12. The van der Waals surface area contributed by atoms with E-state index in [-0.39, 0.29) is 5.82 Å². The average molecular weight is 351 g/mol. The van der Waals surface area contributed by atoms with E-state index < -0.39 is 5.91 Å². The Labute approximate surface area is 150 Å². The van der Waals surface area contributed by atoms with E-state index in [9.17, 15) is 9.18 Å². The van der Waals surface area contributed by atoms with Gasteiger partial charge in [-0.2, -0.15) is 5.10 Å². The number of hydrogen-bond donors (Lipinski definition) is 1. The molecule has 0 fully saturated rings. The Morgan fingerprint density at radius 3 is 2.50 bits per heavy atom. The lowest BCUT2D eigenvalue weighted by Crippen LogP contribution is -2.17. The van der Waals surface area contributed by atoms with Gasteiger partial charge in [0.15, 0.2) is 0 Å². The molecular weight excluding hydrogens is 333 g/mol. The summed E-state index contributed by atoms with van der Waals surface area (Å²) in [5, 5.41) is 3.96. The Morgan fingerprint density at radius 1 is 1.15 bits per heavy atom. The number of ether oxygens (including phenoxy) is 1. The Bertz CT molecular complexity index is 929. The number of hydrazone groups is 1. The normalized spacial score (nSPS) is 10.9. The van der Waals surface area contributed by atoms with Crippen molar-refractivity contribution in [1.29, 1.82) is 0 Å². The molecule has 3 aromatic rings. The van der Waals surface area contributed by atoms with Gasteiger partial charge in [0.2, 0.25) is 0 Å². The third-order valence-corrected chi connectivity index (χ3v) is 3.87. The van der Waals surface area contributed by atoms with Crippen LogP contribution in [0.3, 0.4) is 0 Å². The molecule has 0 saturated carbocycles. The van der Waals surface area contributed by atoms with E-state index in [0.717, 1.165) is 22.7 Å². The lowest BCUT2D eigenvalue weighted by molar-refractivity contribution is 0.0955. The summed E-state index contributed by atoms with van der Waals surface area (Å²) < 4.78 is 20.1. The number of amides is 1. The Balaban J connectivity index is 1.69. The van der Waals surface area contributed by atoms with E-state index in [0.29, 0.717) is 5.56 Å². The van der Waals surface area contributed by atoms with Gasteiger partial charge in [0, 0.05) is 28.7 Å². The van der Waals surface area contributed by atoms with E-state index in [4.69, 9.17) is 4.74 Å². The minimum atomic E-state index is -0.396. The monoisotopic (exact) mass is 351 g/mol. The number of benzene rings is 2. The van der Waals surface area contributed by atoms with Gasteiger partial charge in [0.25, 0.3) is 5.91 Å². The maximum Gasteiger partial charge on any atom is 0.271 e. The highest BCUT2D eigenvalue weighted by atomic mass is 19.1. The van der Waals surface area contributed by atoms with E-state index in [1.165, 1.54) is 24.3 Å². The fraction of sp³-hybridized carbons (Fsp3) is 0.100. The second kappa shape index (κ2) is 7.65. The summed E-state index contributed by atoms with van der Waals surface area (Å²) >= 11 is 0. The van der Waals surface area contributed by atoms with Crippen LogP contribution in [0.25, 0.3) is 5.69 Å². The molecule has 0 aliphatic carbocycles. The van der Waals surface area contributed by atoms with E-state index in [1.807, 2.05) is 48.0 Å². The molecule has 26 heavy (non-hydrogen) atoms. The molecule has 0 saturated heterocycles. The van der Waals surface area contributed by atoms with Crippen molar-refractivity contribution in [3.8, 4) is 11.4 Å². The van der Waals surface area contributed by atoms with Crippen molar-refractivity contribution in [3.63, 3.8) is 0 Å². The number of methoxy groups -OCH3 is 1. The molecule has 1 aromatic heterocycles. The number of aromatic nitrogens is 1. The van der Waals surface area contributed by atoms with Crippen LogP contribution >= 0.6 is 0 Å². The van der Waals surface area contributed by atoms with Crippen molar-refractivity contribution in [1.82, 2.24) is 9.99 Å². The molecule has 0 aliphatic rings. The van der Waals surface area contributed by atoms with Crippen LogP contribution in [0.1, 0.15) is 21.6 Å². The summed E-state index contributed by atoms with van der Waals surface area (Å²) in [4.78, 5) is 11.9. The zero-order chi connectivity index (χ0) is 18.5. The predicted molar refractivity (Wildman–Crippen MR) is 98.5 cm³/mol. The summed E-state index contributed by atoms with van der Waals surface area (Å²) in [6.07, 6.45) is 3.49. The Hall–Kier alpha value is -3.41. The van der Waals surface area contributed by atoms with Gasteiger partial charge in [0.05, 0.1) is 13.3 Å². The van der Waals surface area contributed by atoms with Crippen LogP contribution in [0.4, 0.5) is 4.39 Å². The number of rotatable bonds is 5. The average Bonchev–Trinajstić information content (AvgIpc) is 3.03. The fourth-order valence-corrected chi connectivity index (χ4v) is 2.52. The minimum Gasteiger partial charge on any atom is -0.497 e. The molecule has 132 valence electrons. The topological polar surface area (TPSA) is 55.6 Å². The SMILES string of the molecule is COc1ccc(-n2cc(/C=N\NC(=O)c3ccc(F)cc3)cc2C)cc1. The van der Waals surface area contributed by atoms with Crippen LogP contribution in [-0.2, 0) is 0 Å². The number of carbonyl (C=O) groups is 1. The summed E-state index contributed by atoms with van der Waals surface area (Å²) in [7, 11) is 1.63. The van der Waals surface area contributed by atoms with Crippen molar-refractivity contribution in [2.45, 2.75) is 6.92 Å². The molecule has 0 atom stereocenters. The van der Waals surface area contributed by atoms with Crippen molar-refractivity contribution < 1.29 is 13.9 Å². The highest BCUT2D eigenvalue weighted by Crippen LogP contribution is 2.18. The van der Waals surface area contributed by atoms with Gasteiger partial charge in [-0.1, -0.05) is 0 Å². The third kappa shape index (κ3) is 3.97. The van der Waals surface area contributed by atoms with Gasteiger partial charge in [0.1, 0.15) is 11.6 Å². The molecule has 0 spiro atoms. The van der Waals surface area contributed by atoms with Gasteiger partial charge in [-0.05, 0) is 61.5 Å². The van der Waals surface area contributed by atoms with Gasteiger partial charge < -0.3 is 9.30 Å². The highest BCUT2D eigenvalue weighted by molar-refractivity contribution is 5.94. The molecule has 0 aliphatic heterocycles. The quantitative estimate of drug-likeness (QED) is 0.563. The van der Waals surface area contributed by atoms with Gasteiger partial charge in [-0.3, -0.25) is 4.79 Å². The summed E-state index contributed by atoms with van der Waals surface area (Å²) in [6.45, 7) is 1.98. The molecule has 0 bridgehead atoms. The summed E-state index contributed by atoms with van der Waals surface area (Å²) in [6, 6.07) is 14.9. The van der Waals surface area contributed by atoms with Gasteiger partial charge in [-0.25, -0.2) is 9.82 Å². The molecule has 2 aromatic carbocycles. The first-order chi connectivity index (χ1) is 12.6. The standard InChI is InChI=1S/C20H18FN3O2/c1-14-11-15(13-24(14)18-7-9-19(26-2)10-8-18)12-22-23-20(25)16-3-5-17(21)6-4-16/h3-13H,1-2H3,(H,23,25)/b22-12-. The summed E-state index contributed by atoms with van der Waals surface area (Å²) in [5.41, 5.74) is 5.65. The number of nitrogens with one attached hydrogen (secondary N) is 1. The van der Waals surface area contributed by atoms with Crippen molar-refractivity contribution in [2.24, 2.45) is 5.10 Å². The maximum atomic E-state index is 12.9. The second-order valence-electron chi connectivity index (χ2n) is 5.69. The zero-order valence-corrected chi connectivity index (χ0v) is 14.4. The zero-order valence-electron chi connectivity index (χ0n) is 14.4. The Morgan fingerprint density at radius 2 is 1.85 bits per heavy atom. The molecule has 5 nitrogen and oxygen atoms in total.